The van der Waals surface area contributed by atoms with Crippen molar-refractivity contribution in [1.29, 1.82) is 5.26 Å². The van der Waals surface area contributed by atoms with Gasteiger partial charge in [0.25, 0.3) is 0 Å². The molecule has 238 valence electrons. The van der Waals surface area contributed by atoms with Gasteiger partial charge >= 0.3 is 17.8 Å². The molecule has 0 radical (unpaired) electrons. The van der Waals surface area contributed by atoms with Crippen molar-refractivity contribution >= 4 is 35.7 Å². The SMILES string of the molecule is COC(=O)C1=C(C)N(c2cccc(C(F)(F)F)c2)c2n[nH]c(=O)n2[C@@H]1c1ccc(C#N)cc1CCC[n+]1cccc(Cl)c1.O=C[O-]. The van der Waals surface area contributed by atoms with E-state index in [9.17, 15) is 28.0 Å². The Morgan fingerprint density at radius 2 is 1.98 bits per heavy atom. The fourth-order valence-electron chi connectivity index (χ4n) is 5.32. The third-order valence-corrected chi connectivity index (χ3v) is 7.45. The van der Waals surface area contributed by atoms with Crippen LogP contribution >= 0.6 is 11.6 Å². The van der Waals surface area contributed by atoms with Crippen molar-refractivity contribution in [3.63, 3.8) is 0 Å². The first-order chi connectivity index (χ1) is 21.9. The summed E-state index contributed by atoms with van der Waals surface area (Å²) in [4.78, 5) is 36.2. The number of carbonyl (C=O) groups is 2. The molecule has 5 rings (SSSR count). The average Bonchev–Trinajstić information content (AvgIpc) is 3.40. The number of nitrogens with one attached hydrogen (secondary N) is 1. The summed E-state index contributed by atoms with van der Waals surface area (Å²) in [5, 5.41) is 25.0. The van der Waals surface area contributed by atoms with Crippen LogP contribution in [-0.4, -0.2) is 34.3 Å². The van der Waals surface area contributed by atoms with E-state index in [0.717, 1.165) is 12.1 Å². The van der Waals surface area contributed by atoms with Crippen LogP contribution in [0.3, 0.4) is 0 Å². The lowest BCUT2D eigenvalue weighted by Gasteiger charge is -2.36. The van der Waals surface area contributed by atoms with Crippen LogP contribution < -0.4 is 20.3 Å². The fraction of sp³-hybridized carbons (Fsp3) is 0.226. The number of rotatable bonds is 7. The topological polar surface area (TPSA) is 148 Å². The van der Waals surface area contributed by atoms with E-state index in [2.05, 4.69) is 16.3 Å². The molecule has 46 heavy (non-hydrogen) atoms. The number of methoxy groups -OCH3 is 1. The van der Waals surface area contributed by atoms with E-state index in [0.29, 0.717) is 41.1 Å². The zero-order valence-electron chi connectivity index (χ0n) is 24.4. The van der Waals surface area contributed by atoms with Crippen molar-refractivity contribution < 1.29 is 37.2 Å². The van der Waals surface area contributed by atoms with E-state index in [-0.39, 0.29) is 22.9 Å². The number of allylic oxidation sites excluding steroid dienone is 1. The van der Waals surface area contributed by atoms with Gasteiger partial charge in [-0.15, -0.1) is 5.10 Å². The third-order valence-electron chi connectivity index (χ3n) is 7.23. The molecule has 11 nitrogen and oxygen atoms in total. The molecular weight excluding hydrogens is 629 g/mol. The predicted molar refractivity (Wildman–Crippen MR) is 156 cm³/mol. The van der Waals surface area contributed by atoms with Crippen molar-refractivity contribution in [3.05, 3.63) is 116 Å². The number of hydrogen-bond acceptors (Lipinski definition) is 8. The number of alkyl halides is 3. The Morgan fingerprint density at radius 1 is 1.24 bits per heavy atom. The van der Waals surface area contributed by atoms with E-state index in [1.165, 1.54) is 28.7 Å². The number of hydrogen-bond donors (Lipinski definition) is 1. The Kier molecular flexibility index (Phi) is 10.3. The number of carbonyl (C=O) groups excluding carboxylic acids is 2. The van der Waals surface area contributed by atoms with E-state index in [4.69, 9.17) is 26.2 Å². The second-order valence-corrected chi connectivity index (χ2v) is 10.4. The molecule has 1 atom stereocenters. The Hall–Kier alpha value is -5.42. The summed E-state index contributed by atoms with van der Waals surface area (Å²) >= 11 is 6.11. The van der Waals surface area contributed by atoms with Crippen LogP contribution in [0, 0.1) is 11.3 Å². The van der Waals surface area contributed by atoms with E-state index >= 15 is 0 Å². The number of nitriles is 1. The lowest BCUT2D eigenvalue weighted by atomic mass is 9.88. The van der Waals surface area contributed by atoms with Crippen LogP contribution in [0.5, 0.6) is 0 Å². The molecule has 0 fully saturated rings. The maximum Gasteiger partial charge on any atom is 0.416 e. The highest BCUT2D eigenvalue weighted by Crippen LogP contribution is 2.43. The summed E-state index contributed by atoms with van der Waals surface area (Å²) in [6.45, 7) is 1.65. The first-order valence-electron chi connectivity index (χ1n) is 13.6. The maximum atomic E-state index is 13.6. The highest BCUT2D eigenvalue weighted by Gasteiger charge is 2.41. The zero-order valence-corrected chi connectivity index (χ0v) is 25.2. The number of aromatic amines is 1. The van der Waals surface area contributed by atoms with Crippen molar-refractivity contribution in [1.82, 2.24) is 14.8 Å². The second kappa shape index (κ2) is 14.1. The molecule has 4 aromatic rings. The number of aromatic nitrogens is 4. The molecule has 0 spiro atoms. The number of esters is 1. The molecule has 15 heteroatoms. The van der Waals surface area contributed by atoms with Crippen LogP contribution in [0.15, 0.2) is 83.1 Å². The maximum absolute atomic E-state index is 13.6. The Bertz CT molecular complexity index is 1900. The molecule has 0 saturated heterocycles. The van der Waals surface area contributed by atoms with Gasteiger partial charge in [0.1, 0.15) is 17.6 Å². The predicted octanol–water partition coefficient (Wildman–Crippen LogP) is 3.59. The van der Waals surface area contributed by atoms with Gasteiger partial charge in [-0.25, -0.2) is 23.8 Å². The number of anilines is 2. The molecule has 1 aliphatic heterocycles. The highest BCUT2D eigenvalue weighted by molar-refractivity contribution is 6.30. The molecule has 2 aromatic heterocycles. The first kappa shape index (κ1) is 33.5. The lowest BCUT2D eigenvalue weighted by Crippen LogP contribution is -2.38. The van der Waals surface area contributed by atoms with Gasteiger partial charge in [0.15, 0.2) is 12.4 Å². The molecule has 3 heterocycles. The number of carboxylic acid groups (broad SMARTS) is 1. The van der Waals surface area contributed by atoms with Gasteiger partial charge in [-0.1, -0.05) is 23.7 Å². The van der Waals surface area contributed by atoms with E-state index in [1.54, 1.807) is 37.4 Å². The molecule has 2 aromatic carbocycles. The fourth-order valence-corrected chi connectivity index (χ4v) is 5.52. The first-order valence-corrected chi connectivity index (χ1v) is 14.0. The van der Waals surface area contributed by atoms with Gasteiger partial charge in [0.05, 0.1) is 29.9 Å². The molecule has 0 aliphatic carbocycles. The molecule has 0 unspecified atom stereocenters. The zero-order chi connectivity index (χ0) is 33.6. The molecule has 1 N–H and O–H groups in total. The molecule has 1 aliphatic rings. The van der Waals surface area contributed by atoms with Crippen LogP contribution in [0.4, 0.5) is 24.8 Å². The van der Waals surface area contributed by atoms with Gasteiger partial charge in [-0.2, -0.15) is 18.4 Å². The summed E-state index contributed by atoms with van der Waals surface area (Å²) in [6.07, 6.45) is 0.132. The number of fused-ring (bicyclic) bond motifs is 1. The summed E-state index contributed by atoms with van der Waals surface area (Å²) < 4.78 is 49.1. The van der Waals surface area contributed by atoms with Crippen molar-refractivity contribution in [3.8, 4) is 6.07 Å². The number of benzene rings is 2. The van der Waals surface area contributed by atoms with Gasteiger partial charge in [-0.05, 0) is 60.9 Å². The summed E-state index contributed by atoms with van der Waals surface area (Å²) in [7, 11) is 1.18. The van der Waals surface area contributed by atoms with Crippen LogP contribution in [0.1, 0.15) is 41.6 Å². The number of pyridine rings is 1. The van der Waals surface area contributed by atoms with Crippen LogP contribution in [0.25, 0.3) is 0 Å². The smallest absolute Gasteiger partial charge is 0.416 e. The summed E-state index contributed by atoms with van der Waals surface area (Å²) in [5.74, 6) is -0.785. The summed E-state index contributed by atoms with van der Waals surface area (Å²) in [6, 6.07) is 14.1. The van der Waals surface area contributed by atoms with Crippen LogP contribution in [-0.2, 0) is 33.5 Å². The normalized spacial score (nSPS) is 14.1. The quantitative estimate of drug-likeness (QED) is 0.181. The molecule has 0 amide bonds. The summed E-state index contributed by atoms with van der Waals surface area (Å²) in [5.41, 5.74) is 0.350. The van der Waals surface area contributed by atoms with E-state index < -0.39 is 35.9 Å². The minimum absolute atomic E-state index is 0.00993. The highest BCUT2D eigenvalue weighted by atomic mass is 35.5. The average molecular weight is 655 g/mol. The van der Waals surface area contributed by atoms with E-state index in [1.807, 2.05) is 16.8 Å². The third kappa shape index (κ3) is 6.94. The van der Waals surface area contributed by atoms with Crippen molar-refractivity contribution in [2.45, 2.75) is 38.5 Å². The molecule has 0 saturated carbocycles. The van der Waals surface area contributed by atoms with Crippen LogP contribution in [0.2, 0.25) is 5.02 Å². The number of aryl methyl sites for hydroxylation is 2. The Labute approximate surface area is 265 Å². The lowest BCUT2D eigenvalue weighted by molar-refractivity contribution is -0.697. The Morgan fingerprint density at radius 3 is 2.63 bits per heavy atom. The van der Waals surface area contributed by atoms with Crippen molar-refractivity contribution in [2.24, 2.45) is 0 Å². The largest absolute Gasteiger partial charge is 0.554 e. The second-order valence-electron chi connectivity index (χ2n) is 9.96. The molecular formula is C31H26ClF3N6O5. The van der Waals surface area contributed by atoms with Gasteiger partial charge < -0.3 is 14.6 Å². The monoisotopic (exact) mass is 654 g/mol. The number of halogens is 4. The van der Waals surface area contributed by atoms with Gasteiger partial charge in [0.2, 0.25) is 5.95 Å². The van der Waals surface area contributed by atoms with Gasteiger partial charge in [-0.3, -0.25) is 4.90 Å². The Balaban J connectivity index is 0.00000154. The van der Waals surface area contributed by atoms with Crippen molar-refractivity contribution in [2.75, 3.05) is 12.0 Å². The number of ether oxygens (including phenoxy) is 1. The van der Waals surface area contributed by atoms with Gasteiger partial charge in [0, 0.05) is 30.3 Å². The molecule has 0 bridgehead atoms. The standard InChI is InChI=1S/C30H24ClF3N6O3.CH2O2/c1-18-25(27(41)43-2)26(24-11-10-19(16-35)14-20(24)6-4-12-38-13-5-8-22(31)17-38)40-28(36-37-29(40)42)39(18)23-9-3-7-21(15-23)30(32,33)34;2-1-3/h3,5,7-11,13-15,17,26H,4,6,12H2,1-2H3;1H,(H,2,3)/t26-;/m1./s1. The minimum Gasteiger partial charge on any atom is -0.554 e. The minimum atomic E-state index is -4.62. The number of nitrogens with zero attached hydrogens (tertiary/aromatic N) is 5. The number of H-pyrrole nitrogens is 1.